The van der Waals surface area contributed by atoms with E-state index in [0.717, 1.165) is 30.9 Å². The molecule has 1 fully saturated rings. The Labute approximate surface area is 98.5 Å². The summed E-state index contributed by atoms with van der Waals surface area (Å²) in [7, 11) is 1.78. The molecule has 0 spiro atoms. The average Bonchev–Trinajstić information content (AvgIpc) is 2.76. The van der Waals surface area contributed by atoms with Gasteiger partial charge in [0.15, 0.2) is 0 Å². The normalized spacial score (nSPS) is 19.6. The largest absolute Gasteiger partial charge is 0.384 e. The molecule has 1 aliphatic rings. The molecule has 0 saturated heterocycles. The molecule has 90 valence electrons. The van der Waals surface area contributed by atoms with Crippen molar-refractivity contribution >= 4 is 11.8 Å². The smallest absolute Gasteiger partial charge is 0.0552 e. The number of methoxy groups -OCH3 is 1. The van der Waals surface area contributed by atoms with Gasteiger partial charge in [0.2, 0.25) is 0 Å². The molecule has 1 rings (SSSR count). The van der Waals surface area contributed by atoms with E-state index in [9.17, 15) is 0 Å². The van der Waals surface area contributed by atoms with E-state index in [2.05, 4.69) is 12.2 Å². The first kappa shape index (κ1) is 13.3. The zero-order chi connectivity index (χ0) is 10.9. The molecule has 3 heteroatoms. The van der Waals surface area contributed by atoms with E-state index in [0.29, 0.717) is 0 Å². The Morgan fingerprint density at radius 1 is 1.40 bits per heavy atom. The minimum Gasteiger partial charge on any atom is -0.384 e. The third-order valence-corrected chi connectivity index (χ3v) is 4.21. The molecule has 1 atom stereocenters. The summed E-state index contributed by atoms with van der Waals surface area (Å²) in [5, 5.41) is 3.64. The molecule has 0 aromatic carbocycles. The van der Waals surface area contributed by atoms with Gasteiger partial charge in [0, 0.05) is 24.7 Å². The minimum atomic E-state index is 0.736. The molecule has 15 heavy (non-hydrogen) atoms. The zero-order valence-corrected chi connectivity index (χ0v) is 10.9. The number of thioether (sulfide) groups is 1. The van der Waals surface area contributed by atoms with Gasteiger partial charge < -0.3 is 10.1 Å². The highest BCUT2D eigenvalue weighted by Gasteiger charge is 2.23. The summed E-state index contributed by atoms with van der Waals surface area (Å²) in [6.45, 7) is 4.20. The van der Waals surface area contributed by atoms with Crippen molar-refractivity contribution in [3.8, 4) is 0 Å². The molecule has 0 aromatic heterocycles. The molecule has 1 unspecified atom stereocenters. The molecular formula is C12H25NOS. The Kier molecular flexibility index (Phi) is 7.49. The maximum Gasteiger partial charge on any atom is 0.0552 e. The Morgan fingerprint density at radius 3 is 2.73 bits per heavy atom. The Morgan fingerprint density at radius 2 is 2.13 bits per heavy atom. The highest BCUT2D eigenvalue weighted by molar-refractivity contribution is 7.99. The quantitative estimate of drug-likeness (QED) is 0.649. The molecule has 1 aliphatic carbocycles. The predicted octanol–water partition coefficient (Wildman–Crippen LogP) is 2.53. The topological polar surface area (TPSA) is 21.3 Å². The van der Waals surface area contributed by atoms with Crippen molar-refractivity contribution in [2.45, 2.75) is 38.6 Å². The van der Waals surface area contributed by atoms with Crippen LogP contribution in [0.15, 0.2) is 0 Å². The first-order chi connectivity index (χ1) is 7.38. The second-order valence-corrected chi connectivity index (χ2v) is 5.43. The first-order valence-corrected chi connectivity index (χ1v) is 7.34. The highest BCUT2D eigenvalue weighted by atomic mass is 32.2. The van der Waals surface area contributed by atoms with Crippen molar-refractivity contribution < 1.29 is 4.74 Å². The molecule has 0 radical (unpaired) electrons. The molecular weight excluding hydrogens is 206 g/mol. The van der Waals surface area contributed by atoms with E-state index in [1.54, 1.807) is 7.11 Å². The lowest BCUT2D eigenvalue weighted by Gasteiger charge is -2.23. The van der Waals surface area contributed by atoms with Gasteiger partial charge in [0.1, 0.15) is 0 Å². The summed E-state index contributed by atoms with van der Waals surface area (Å²) < 4.78 is 5.07. The summed E-state index contributed by atoms with van der Waals surface area (Å²) in [5.41, 5.74) is 0. The van der Waals surface area contributed by atoms with Gasteiger partial charge in [0.05, 0.1) is 6.61 Å². The number of hydrogen-bond donors (Lipinski definition) is 1. The van der Waals surface area contributed by atoms with Gasteiger partial charge in [-0.05, 0) is 25.3 Å². The number of hydrogen-bond acceptors (Lipinski definition) is 3. The molecule has 1 saturated carbocycles. The standard InChI is InChI=1S/C12H25NOS/c1-3-13-12(10-15-9-8-14-2)11-6-4-5-7-11/h11-13H,3-10H2,1-2H3. The lowest BCUT2D eigenvalue weighted by atomic mass is 10.00. The number of rotatable bonds is 8. The maximum atomic E-state index is 5.07. The second kappa shape index (κ2) is 8.43. The second-order valence-electron chi connectivity index (χ2n) is 4.28. The maximum absolute atomic E-state index is 5.07. The summed E-state index contributed by atoms with van der Waals surface area (Å²) >= 11 is 2.03. The van der Waals surface area contributed by atoms with Gasteiger partial charge in [-0.15, -0.1) is 0 Å². The molecule has 0 aromatic rings. The van der Waals surface area contributed by atoms with Gasteiger partial charge >= 0.3 is 0 Å². The van der Waals surface area contributed by atoms with Gasteiger partial charge in [0.25, 0.3) is 0 Å². The average molecular weight is 231 g/mol. The number of ether oxygens (including phenoxy) is 1. The molecule has 1 N–H and O–H groups in total. The first-order valence-electron chi connectivity index (χ1n) is 6.18. The summed E-state index contributed by atoms with van der Waals surface area (Å²) in [4.78, 5) is 0. The Balaban J connectivity index is 2.17. The van der Waals surface area contributed by atoms with Crippen LogP contribution < -0.4 is 5.32 Å². The van der Waals surface area contributed by atoms with Crippen LogP contribution in [0.3, 0.4) is 0 Å². The van der Waals surface area contributed by atoms with Gasteiger partial charge in [-0.3, -0.25) is 0 Å². The van der Waals surface area contributed by atoms with Crippen LogP contribution in [0.4, 0.5) is 0 Å². The van der Waals surface area contributed by atoms with Crippen molar-refractivity contribution in [3.05, 3.63) is 0 Å². The lowest BCUT2D eigenvalue weighted by molar-refractivity contribution is 0.218. The van der Waals surface area contributed by atoms with Crippen LogP contribution in [-0.2, 0) is 4.74 Å². The lowest BCUT2D eigenvalue weighted by Crippen LogP contribution is -2.37. The predicted molar refractivity (Wildman–Crippen MR) is 68.6 cm³/mol. The molecule has 0 aliphatic heterocycles. The Bertz CT molecular complexity index is 149. The van der Waals surface area contributed by atoms with Crippen LogP contribution in [0.5, 0.6) is 0 Å². The SMILES string of the molecule is CCNC(CSCCOC)C1CCCC1. The minimum absolute atomic E-state index is 0.736. The van der Waals surface area contributed by atoms with Crippen LogP contribution in [0.25, 0.3) is 0 Å². The van der Waals surface area contributed by atoms with Crippen molar-refractivity contribution in [3.63, 3.8) is 0 Å². The summed E-state index contributed by atoms with van der Waals surface area (Å²) in [6.07, 6.45) is 5.75. The van der Waals surface area contributed by atoms with E-state index < -0.39 is 0 Å². The fourth-order valence-corrected chi connectivity index (χ4v) is 3.43. The molecule has 0 heterocycles. The van der Waals surface area contributed by atoms with Crippen LogP contribution in [-0.4, -0.2) is 37.8 Å². The Hall–Kier alpha value is 0.270. The van der Waals surface area contributed by atoms with Crippen molar-refractivity contribution in [1.82, 2.24) is 5.32 Å². The summed E-state index contributed by atoms with van der Waals surface area (Å²) in [6, 6.07) is 0.736. The van der Waals surface area contributed by atoms with Crippen molar-refractivity contribution in [1.29, 1.82) is 0 Å². The summed E-state index contributed by atoms with van der Waals surface area (Å²) in [5.74, 6) is 3.31. The van der Waals surface area contributed by atoms with E-state index in [1.165, 1.54) is 31.4 Å². The third-order valence-electron chi connectivity index (χ3n) is 3.16. The molecule has 0 amide bonds. The van der Waals surface area contributed by atoms with Crippen LogP contribution in [0.2, 0.25) is 0 Å². The zero-order valence-electron chi connectivity index (χ0n) is 10.1. The molecule has 0 bridgehead atoms. The van der Waals surface area contributed by atoms with Gasteiger partial charge in [-0.2, -0.15) is 11.8 Å². The van der Waals surface area contributed by atoms with E-state index >= 15 is 0 Å². The van der Waals surface area contributed by atoms with Crippen LogP contribution in [0, 0.1) is 5.92 Å². The fraction of sp³-hybridized carbons (Fsp3) is 1.00. The van der Waals surface area contributed by atoms with E-state index in [4.69, 9.17) is 4.74 Å². The highest BCUT2D eigenvalue weighted by Crippen LogP contribution is 2.29. The van der Waals surface area contributed by atoms with Gasteiger partial charge in [-0.25, -0.2) is 0 Å². The monoisotopic (exact) mass is 231 g/mol. The van der Waals surface area contributed by atoms with E-state index in [1.807, 2.05) is 11.8 Å². The van der Waals surface area contributed by atoms with Crippen molar-refractivity contribution in [2.24, 2.45) is 5.92 Å². The number of nitrogens with one attached hydrogen (secondary N) is 1. The van der Waals surface area contributed by atoms with Crippen LogP contribution in [0.1, 0.15) is 32.6 Å². The van der Waals surface area contributed by atoms with Crippen LogP contribution >= 0.6 is 11.8 Å². The van der Waals surface area contributed by atoms with E-state index in [-0.39, 0.29) is 0 Å². The third kappa shape index (κ3) is 5.23. The van der Waals surface area contributed by atoms with Crippen molar-refractivity contribution in [2.75, 3.05) is 31.8 Å². The van der Waals surface area contributed by atoms with Gasteiger partial charge in [-0.1, -0.05) is 19.8 Å². The fourth-order valence-electron chi connectivity index (χ4n) is 2.34. The molecule has 2 nitrogen and oxygen atoms in total.